The number of ether oxygens (including phenoxy) is 2. The molecule has 1 fully saturated rings. The van der Waals surface area contributed by atoms with Crippen molar-refractivity contribution in [2.75, 3.05) is 27.3 Å². The van der Waals surface area contributed by atoms with Gasteiger partial charge in [0.15, 0.2) is 0 Å². The van der Waals surface area contributed by atoms with Crippen LogP contribution >= 0.6 is 12.4 Å². The van der Waals surface area contributed by atoms with Crippen LogP contribution in [0.15, 0.2) is 18.2 Å². The summed E-state index contributed by atoms with van der Waals surface area (Å²) in [5.74, 6) is 2.24. The largest absolute Gasteiger partial charge is 0.497 e. The van der Waals surface area contributed by atoms with Crippen molar-refractivity contribution in [3.8, 4) is 11.5 Å². The normalized spacial score (nSPS) is 18.0. The van der Waals surface area contributed by atoms with Gasteiger partial charge in [0.2, 0.25) is 5.91 Å². The predicted molar refractivity (Wildman–Crippen MR) is 93.6 cm³/mol. The van der Waals surface area contributed by atoms with Crippen molar-refractivity contribution in [3.05, 3.63) is 23.8 Å². The van der Waals surface area contributed by atoms with Gasteiger partial charge in [0, 0.05) is 12.0 Å². The molecule has 0 spiro atoms. The lowest BCUT2D eigenvalue weighted by Crippen LogP contribution is -2.27. The molecular weight excluding hydrogens is 316 g/mol. The zero-order valence-corrected chi connectivity index (χ0v) is 14.9. The monoisotopic (exact) mass is 342 g/mol. The molecule has 2 rings (SSSR count). The van der Waals surface area contributed by atoms with E-state index in [1.54, 1.807) is 14.2 Å². The average molecular weight is 343 g/mol. The highest BCUT2D eigenvalue weighted by molar-refractivity contribution is 5.85. The minimum absolute atomic E-state index is 0. The standard InChI is InChI=1S/C17H26N2O3.ClH/c1-12(15-10-14(21-2)5-6-16(15)22-3)19-17(20)7-4-13-8-9-18-11-13;/h5-6,10,12-13,18H,4,7-9,11H2,1-3H3,(H,19,20);1H. The van der Waals surface area contributed by atoms with Crippen molar-refractivity contribution >= 4 is 18.3 Å². The first-order valence-electron chi connectivity index (χ1n) is 7.86. The van der Waals surface area contributed by atoms with Gasteiger partial charge < -0.3 is 20.1 Å². The number of carbonyl (C=O) groups excluding carboxylic acids is 1. The van der Waals surface area contributed by atoms with E-state index in [-0.39, 0.29) is 24.4 Å². The summed E-state index contributed by atoms with van der Waals surface area (Å²) in [7, 11) is 3.26. The van der Waals surface area contributed by atoms with Crippen LogP contribution in [0.2, 0.25) is 0 Å². The first-order valence-corrected chi connectivity index (χ1v) is 7.86. The van der Waals surface area contributed by atoms with Crippen LogP contribution in [-0.2, 0) is 4.79 Å². The summed E-state index contributed by atoms with van der Waals surface area (Å²) in [4.78, 5) is 12.1. The maximum atomic E-state index is 12.1. The minimum atomic E-state index is -0.112. The lowest BCUT2D eigenvalue weighted by Gasteiger charge is -2.18. The number of carbonyl (C=O) groups is 1. The van der Waals surface area contributed by atoms with Crippen molar-refractivity contribution in [2.45, 2.75) is 32.2 Å². The topological polar surface area (TPSA) is 59.6 Å². The number of amides is 1. The van der Waals surface area contributed by atoms with Crippen molar-refractivity contribution in [1.82, 2.24) is 10.6 Å². The Balaban J connectivity index is 0.00000264. The molecule has 0 radical (unpaired) electrons. The van der Waals surface area contributed by atoms with Crippen molar-refractivity contribution in [3.63, 3.8) is 0 Å². The molecular formula is C17H27ClN2O3. The molecule has 0 aliphatic carbocycles. The average Bonchev–Trinajstić information content (AvgIpc) is 3.05. The fourth-order valence-corrected chi connectivity index (χ4v) is 2.87. The summed E-state index contributed by atoms with van der Waals surface area (Å²) < 4.78 is 10.6. The molecule has 5 nitrogen and oxygen atoms in total. The number of rotatable bonds is 7. The molecule has 2 N–H and O–H groups in total. The molecule has 23 heavy (non-hydrogen) atoms. The molecule has 1 amide bonds. The molecule has 6 heteroatoms. The first-order chi connectivity index (χ1) is 10.6. The molecule has 1 saturated heterocycles. The van der Waals surface area contributed by atoms with E-state index >= 15 is 0 Å². The highest BCUT2D eigenvalue weighted by Crippen LogP contribution is 2.29. The van der Waals surface area contributed by atoms with E-state index in [9.17, 15) is 4.79 Å². The molecule has 1 heterocycles. The van der Waals surface area contributed by atoms with E-state index in [4.69, 9.17) is 9.47 Å². The summed E-state index contributed by atoms with van der Waals surface area (Å²) in [6.45, 7) is 4.07. The third-order valence-electron chi connectivity index (χ3n) is 4.22. The fourth-order valence-electron chi connectivity index (χ4n) is 2.87. The zero-order valence-electron chi connectivity index (χ0n) is 14.1. The second-order valence-corrected chi connectivity index (χ2v) is 5.79. The lowest BCUT2D eigenvalue weighted by atomic mass is 10.0. The van der Waals surface area contributed by atoms with Gasteiger partial charge in [-0.15, -0.1) is 12.4 Å². The Morgan fingerprint density at radius 2 is 2.17 bits per heavy atom. The minimum Gasteiger partial charge on any atom is -0.497 e. The molecule has 1 aliphatic rings. The Labute approximate surface area is 144 Å². The maximum Gasteiger partial charge on any atom is 0.220 e. The summed E-state index contributed by atoms with van der Waals surface area (Å²) in [6, 6.07) is 5.51. The Hall–Kier alpha value is -1.46. The molecule has 0 saturated carbocycles. The van der Waals surface area contributed by atoms with Crippen LogP contribution in [0, 0.1) is 5.92 Å². The molecule has 1 aromatic carbocycles. The number of nitrogens with one attached hydrogen (secondary N) is 2. The smallest absolute Gasteiger partial charge is 0.220 e. The van der Waals surface area contributed by atoms with Crippen LogP contribution in [0.1, 0.15) is 37.8 Å². The molecule has 1 aromatic rings. The third-order valence-corrected chi connectivity index (χ3v) is 4.22. The van der Waals surface area contributed by atoms with Gasteiger partial charge in [-0.25, -0.2) is 0 Å². The number of hydrogen-bond donors (Lipinski definition) is 2. The Kier molecular flexibility index (Phi) is 8.20. The molecule has 2 atom stereocenters. The van der Waals surface area contributed by atoms with E-state index in [2.05, 4.69) is 10.6 Å². The molecule has 0 aromatic heterocycles. The van der Waals surface area contributed by atoms with Crippen LogP contribution in [0.25, 0.3) is 0 Å². The van der Waals surface area contributed by atoms with Crippen molar-refractivity contribution in [1.29, 1.82) is 0 Å². The van der Waals surface area contributed by atoms with Crippen LogP contribution in [0.4, 0.5) is 0 Å². The second kappa shape index (κ2) is 9.63. The number of methoxy groups -OCH3 is 2. The van der Waals surface area contributed by atoms with Crippen LogP contribution < -0.4 is 20.1 Å². The number of hydrogen-bond acceptors (Lipinski definition) is 4. The molecule has 130 valence electrons. The summed E-state index contributed by atoms with van der Waals surface area (Å²) in [6.07, 6.45) is 2.69. The quantitative estimate of drug-likeness (QED) is 0.800. The Bertz CT molecular complexity index is 505. The van der Waals surface area contributed by atoms with Crippen LogP contribution in [-0.4, -0.2) is 33.2 Å². The number of halogens is 1. The highest BCUT2D eigenvalue weighted by Gasteiger charge is 2.18. The lowest BCUT2D eigenvalue weighted by molar-refractivity contribution is -0.122. The van der Waals surface area contributed by atoms with Crippen molar-refractivity contribution < 1.29 is 14.3 Å². The Morgan fingerprint density at radius 3 is 2.78 bits per heavy atom. The van der Waals surface area contributed by atoms with Gasteiger partial charge in [0.1, 0.15) is 11.5 Å². The Morgan fingerprint density at radius 1 is 1.39 bits per heavy atom. The summed E-state index contributed by atoms with van der Waals surface area (Å²) >= 11 is 0. The van der Waals surface area contributed by atoms with Crippen LogP contribution in [0.3, 0.4) is 0 Å². The van der Waals surface area contributed by atoms with Gasteiger partial charge in [-0.05, 0) is 57.0 Å². The highest BCUT2D eigenvalue weighted by atomic mass is 35.5. The van der Waals surface area contributed by atoms with Gasteiger partial charge in [0.05, 0.1) is 20.3 Å². The second-order valence-electron chi connectivity index (χ2n) is 5.79. The molecule has 1 aliphatic heterocycles. The van der Waals surface area contributed by atoms with E-state index in [0.717, 1.165) is 36.6 Å². The molecule has 2 unspecified atom stereocenters. The van der Waals surface area contributed by atoms with Gasteiger partial charge >= 0.3 is 0 Å². The molecule has 0 bridgehead atoms. The third kappa shape index (κ3) is 5.59. The summed E-state index contributed by atoms with van der Waals surface area (Å²) in [5.41, 5.74) is 0.928. The summed E-state index contributed by atoms with van der Waals surface area (Å²) in [5, 5.41) is 6.38. The van der Waals surface area contributed by atoms with Crippen molar-refractivity contribution in [2.24, 2.45) is 5.92 Å². The van der Waals surface area contributed by atoms with Gasteiger partial charge in [-0.2, -0.15) is 0 Å². The predicted octanol–water partition coefficient (Wildman–Crippen LogP) is 2.69. The van der Waals surface area contributed by atoms with Gasteiger partial charge in [-0.3, -0.25) is 4.79 Å². The van der Waals surface area contributed by atoms with E-state index < -0.39 is 0 Å². The zero-order chi connectivity index (χ0) is 15.9. The van der Waals surface area contributed by atoms with Crippen LogP contribution in [0.5, 0.6) is 11.5 Å². The van der Waals surface area contributed by atoms with E-state index in [0.29, 0.717) is 12.3 Å². The van der Waals surface area contributed by atoms with E-state index in [1.807, 2.05) is 25.1 Å². The SMILES string of the molecule is COc1ccc(OC)c(C(C)NC(=O)CCC2CCNC2)c1.Cl. The number of benzene rings is 1. The van der Waals surface area contributed by atoms with Gasteiger partial charge in [0.25, 0.3) is 0 Å². The first kappa shape index (κ1) is 19.6. The van der Waals surface area contributed by atoms with E-state index in [1.165, 1.54) is 6.42 Å². The van der Waals surface area contributed by atoms with Gasteiger partial charge in [-0.1, -0.05) is 0 Å². The fraction of sp³-hybridized carbons (Fsp3) is 0.588. The maximum absolute atomic E-state index is 12.1.